The molecule has 0 aliphatic rings. The van der Waals surface area contributed by atoms with Gasteiger partial charge in [-0.25, -0.2) is 0 Å². The molecule has 0 aliphatic carbocycles. The Morgan fingerprint density at radius 1 is 1.56 bits per heavy atom. The zero-order valence-electron chi connectivity index (χ0n) is 9.79. The van der Waals surface area contributed by atoms with E-state index in [1.54, 1.807) is 12.1 Å². The second-order valence-electron chi connectivity index (χ2n) is 3.15. The number of rotatable bonds is 5. The van der Waals surface area contributed by atoms with Crippen molar-refractivity contribution in [3.8, 4) is 0 Å². The molecule has 0 saturated carbocycles. The maximum Gasteiger partial charge on any atom is 0.327 e. The van der Waals surface area contributed by atoms with E-state index in [1.807, 2.05) is 18.2 Å². The van der Waals surface area contributed by atoms with Gasteiger partial charge in [0.1, 0.15) is 0 Å². The third kappa shape index (κ3) is 3.53. The van der Waals surface area contributed by atoms with Gasteiger partial charge in [0.15, 0.2) is 1.41 Å². The number of Topliss-reactive ketones (excluding diaryl/α,β-unsaturated/α-hetero) is 1. The number of carbonyl (C=O) groups excluding carboxylic acids is 1. The van der Waals surface area contributed by atoms with Crippen molar-refractivity contribution < 1.29 is 11.1 Å². The number of ketones is 1. The van der Waals surface area contributed by atoms with Gasteiger partial charge in [-0.15, -0.1) is 0 Å². The lowest BCUT2D eigenvalue weighted by atomic mass is 10.2. The molecule has 0 heterocycles. The summed E-state index contributed by atoms with van der Waals surface area (Å²) in [6, 6.07) is 9.06. The zero-order chi connectivity index (χ0) is 12.8. The molecule has 1 N–H and O–H groups in total. The number of allylic oxidation sites excluding steroid dienone is 1. The topological polar surface area (TPSA) is 72.2 Å². The Kier molecular flexibility index (Phi) is 3.65. The standard InChI is InChI=1S/C11H12N2O3/c1-9(14)11(13(15)16)8-12-7-10-5-3-2-4-6-10/h2-6,8,12H,7H2,1H3/b11-8+/i/hD. The minimum Gasteiger partial charge on any atom is -0.381 e. The van der Waals surface area contributed by atoms with E-state index in [2.05, 4.69) is 0 Å². The van der Waals surface area contributed by atoms with Crippen LogP contribution >= 0.6 is 0 Å². The van der Waals surface area contributed by atoms with E-state index >= 15 is 0 Å². The van der Waals surface area contributed by atoms with Crippen molar-refractivity contribution in [2.75, 3.05) is 0 Å². The number of carbonyl (C=O) groups is 1. The molecule has 0 unspecified atom stereocenters. The fourth-order valence-electron chi connectivity index (χ4n) is 1.09. The second kappa shape index (κ2) is 5.65. The molecular formula is C11H12N2O3. The summed E-state index contributed by atoms with van der Waals surface area (Å²) < 4.78 is 7.53. The third-order valence-electron chi connectivity index (χ3n) is 1.89. The first-order valence-corrected chi connectivity index (χ1v) is 4.67. The maximum absolute atomic E-state index is 11.0. The minimum absolute atomic E-state index is 0.186. The van der Waals surface area contributed by atoms with Crippen molar-refractivity contribution in [3.63, 3.8) is 0 Å². The molecule has 0 fully saturated rings. The molecule has 84 valence electrons. The highest BCUT2D eigenvalue weighted by atomic mass is 16.6. The minimum atomic E-state index is -0.783. The zero-order valence-corrected chi connectivity index (χ0v) is 8.79. The molecule has 0 aliphatic heterocycles. The predicted octanol–water partition coefficient (Wildman–Crippen LogP) is 1.48. The molecule has 0 aromatic heterocycles. The van der Waals surface area contributed by atoms with E-state index in [-0.39, 0.29) is 6.54 Å². The Labute approximate surface area is 94.4 Å². The van der Waals surface area contributed by atoms with Crippen molar-refractivity contribution in [1.29, 1.82) is 0 Å². The quantitative estimate of drug-likeness (QED) is 0.464. The third-order valence-corrected chi connectivity index (χ3v) is 1.89. The molecule has 0 amide bonds. The van der Waals surface area contributed by atoms with Gasteiger partial charge in [0.25, 0.3) is 0 Å². The Balaban J connectivity index is 2.77. The van der Waals surface area contributed by atoms with Crippen LogP contribution in [0.5, 0.6) is 0 Å². The van der Waals surface area contributed by atoms with Gasteiger partial charge in [-0.1, -0.05) is 30.3 Å². The average molecular weight is 221 g/mol. The molecule has 16 heavy (non-hydrogen) atoms. The first-order valence-electron chi connectivity index (χ1n) is 5.12. The van der Waals surface area contributed by atoms with Crippen molar-refractivity contribution in [3.05, 3.63) is 57.9 Å². The summed E-state index contributed by atoms with van der Waals surface area (Å²) in [5.41, 5.74) is 0.251. The normalized spacial score (nSPS) is 11.8. The number of hydrogen-bond acceptors (Lipinski definition) is 4. The van der Waals surface area contributed by atoms with E-state index in [0.717, 1.165) is 24.0 Å². The van der Waals surface area contributed by atoms with Gasteiger partial charge in [-0.3, -0.25) is 14.9 Å². The largest absolute Gasteiger partial charge is 0.381 e. The summed E-state index contributed by atoms with van der Waals surface area (Å²) in [5.74, 6) is -0.666. The molecule has 5 heteroatoms. The average Bonchev–Trinajstić information content (AvgIpc) is 2.26. The van der Waals surface area contributed by atoms with Crippen LogP contribution in [0.1, 0.15) is 12.5 Å². The fourth-order valence-corrected chi connectivity index (χ4v) is 1.09. The highest BCUT2D eigenvalue weighted by molar-refractivity contribution is 5.90. The van der Waals surface area contributed by atoms with E-state index in [9.17, 15) is 14.9 Å². The van der Waals surface area contributed by atoms with Gasteiger partial charge in [0.2, 0.25) is 5.78 Å². The first-order chi connectivity index (χ1) is 8.00. The lowest BCUT2D eigenvalue weighted by molar-refractivity contribution is -0.419. The van der Waals surface area contributed by atoms with Crippen LogP contribution in [-0.2, 0) is 11.3 Å². The van der Waals surface area contributed by atoms with Crippen molar-refractivity contribution in [1.82, 2.24) is 5.31 Å². The number of nitrogens with zero attached hydrogens (tertiary/aromatic N) is 1. The summed E-state index contributed by atoms with van der Waals surface area (Å²) in [6.07, 6.45) is 0.926. The lowest BCUT2D eigenvalue weighted by Gasteiger charge is -2.00. The van der Waals surface area contributed by atoms with E-state index in [4.69, 9.17) is 1.41 Å². The van der Waals surface area contributed by atoms with E-state index in [0.29, 0.717) is 0 Å². The first kappa shape index (κ1) is 10.4. The molecule has 0 atom stereocenters. The molecule has 0 bridgehead atoms. The van der Waals surface area contributed by atoms with Crippen molar-refractivity contribution >= 4 is 5.78 Å². The Bertz CT molecular complexity index is 429. The molecule has 5 nitrogen and oxygen atoms in total. The van der Waals surface area contributed by atoms with Crippen LogP contribution in [0.15, 0.2) is 42.2 Å². The molecule has 0 saturated heterocycles. The van der Waals surface area contributed by atoms with Gasteiger partial charge in [-0.05, 0) is 5.56 Å². The summed E-state index contributed by atoms with van der Waals surface area (Å²) >= 11 is 0. The molecule has 1 rings (SSSR count). The number of nitrogens with one attached hydrogen (secondary N) is 1. The summed E-state index contributed by atoms with van der Waals surface area (Å²) in [4.78, 5) is 20.7. The van der Waals surface area contributed by atoms with Crippen LogP contribution in [0, 0.1) is 10.1 Å². The van der Waals surface area contributed by atoms with Gasteiger partial charge in [-0.2, -0.15) is 0 Å². The molecule has 1 aromatic carbocycles. The molecule has 0 spiro atoms. The molecule has 0 radical (unpaired) electrons. The Morgan fingerprint density at radius 3 is 2.69 bits per heavy atom. The van der Waals surface area contributed by atoms with Crippen LogP contribution in [0.25, 0.3) is 0 Å². The van der Waals surface area contributed by atoms with Gasteiger partial charge >= 0.3 is 5.70 Å². The van der Waals surface area contributed by atoms with Crippen molar-refractivity contribution in [2.45, 2.75) is 13.5 Å². The van der Waals surface area contributed by atoms with Crippen LogP contribution in [0.4, 0.5) is 0 Å². The summed E-state index contributed by atoms with van der Waals surface area (Å²) in [7, 11) is 0. The molecule has 1 aromatic rings. The number of hydrogen-bond donors (Lipinski definition) is 1. The van der Waals surface area contributed by atoms with Crippen LogP contribution in [-0.4, -0.2) is 10.7 Å². The van der Waals surface area contributed by atoms with Crippen LogP contribution < -0.4 is 5.31 Å². The van der Waals surface area contributed by atoms with E-state index in [1.165, 1.54) is 0 Å². The highest BCUT2D eigenvalue weighted by Crippen LogP contribution is 1.99. The Morgan fingerprint density at radius 2 is 2.19 bits per heavy atom. The highest BCUT2D eigenvalue weighted by Gasteiger charge is 2.15. The smallest absolute Gasteiger partial charge is 0.327 e. The number of benzene rings is 1. The Hall–Kier alpha value is -2.17. The molecular weight excluding hydrogens is 208 g/mol. The van der Waals surface area contributed by atoms with E-state index < -0.39 is 16.4 Å². The fraction of sp³-hybridized carbons (Fsp3) is 0.182. The second-order valence-corrected chi connectivity index (χ2v) is 3.15. The van der Waals surface area contributed by atoms with Crippen LogP contribution in [0.3, 0.4) is 0 Å². The predicted molar refractivity (Wildman–Crippen MR) is 59.0 cm³/mol. The summed E-state index contributed by atoms with van der Waals surface area (Å²) in [5, 5.41) is 11.4. The van der Waals surface area contributed by atoms with Gasteiger partial charge < -0.3 is 5.31 Å². The monoisotopic (exact) mass is 221 g/mol. The lowest BCUT2D eigenvalue weighted by Crippen LogP contribution is -2.14. The SMILES string of the molecule is [2H]N(/C=C(\C(C)=O)[N+](=O)[O-])Cc1ccccc1. The summed E-state index contributed by atoms with van der Waals surface area (Å²) in [6.45, 7) is 1.29. The van der Waals surface area contributed by atoms with Gasteiger partial charge in [0, 0.05) is 13.5 Å². The van der Waals surface area contributed by atoms with Crippen molar-refractivity contribution in [2.24, 2.45) is 0 Å². The van der Waals surface area contributed by atoms with Crippen LogP contribution in [0.2, 0.25) is 1.41 Å². The number of nitro groups is 1. The van der Waals surface area contributed by atoms with Gasteiger partial charge in [0.05, 0.1) is 11.1 Å². The maximum atomic E-state index is 11.0.